The van der Waals surface area contributed by atoms with Crippen LogP contribution in [0.5, 0.6) is 0 Å². The molecule has 2 aromatic rings. The first-order valence-electron chi connectivity index (χ1n) is 8.81. The zero-order chi connectivity index (χ0) is 16.4. The summed E-state index contributed by atoms with van der Waals surface area (Å²) in [5, 5.41) is 0. The minimum absolute atomic E-state index is 0.136. The number of rotatable bonds is 3. The molecule has 2 heterocycles. The predicted octanol–water partition coefficient (Wildman–Crippen LogP) is 2.01. The Morgan fingerprint density at radius 3 is 2.75 bits per heavy atom. The maximum atomic E-state index is 12.8. The molecule has 5 nitrogen and oxygen atoms in total. The van der Waals surface area contributed by atoms with Gasteiger partial charge in [0.1, 0.15) is 0 Å². The van der Waals surface area contributed by atoms with Gasteiger partial charge in [-0.25, -0.2) is 4.98 Å². The van der Waals surface area contributed by atoms with Crippen molar-refractivity contribution >= 4 is 5.69 Å². The molecule has 126 valence electrons. The van der Waals surface area contributed by atoms with Crippen LogP contribution in [0.25, 0.3) is 0 Å². The fraction of sp³-hybridized carbons (Fsp3) is 0.474. The lowest BCUT2D eigenvalue weighted by atomic mass is 9.97. The van der Waals surface area contributed by atoms with Crippen LogP contribution in [0.4, 0.5) is 5.69 Å². The molecule has 1 fully saturated rings. The van der Waals surface area contributed by atoms with Crippen molar-refractivity contribution < 1.29 is 4.74 Å². The van der Waals surface area contributed by atoms with E-state index in [0.717, 1.165) is 63.2 Å². The number of aryl methyl sites for hydroxylation is 1. The molecular formula is C19H23N3O2. The third-order valence-corrected chi connectivity index (χ3v) is 4.99. The van der Waals surface area contributed by atoms with E-state index in [1.54, 1.807) is 10.9 Å². The average molecular weight is 325 g/mol. The Balaban J connectivity index is 1.65. The standard InChI is InChI=1S/C19H23N3O2/c23-19-16-6-2-3-7-17(16)20-14-22(19)13-15-5-1-4-8-18(15)21-9-11-24-12-10-21/h1,4-5,8,14H,2-3,6-7,9-13H2. The van der Waals surface area contributed by atoms with Gasteiger partial charge in [-0.05, 0) is 37.3 Å². The Kier molecular flexibility index (Phi) is 4.34. The van der Waals surface area contributed by atoms with Crippen LogP contribution in [-0.4, -0.2) is 35.9 Å². The van der Waals surface area contributed by atoms with Crippen molar-refractivity contribution in [1.29, 1.82) is 0 Å². The second-order valence-electron chi connectivity index (χ2n) is 6.54. The van der Waals surface area contributed by atoms with Crippen molar-refractivity contribution in [1.82, 2.24) is 9.55 Å². The van der Waals surface area contributed by atoms with E-state index < -0.39 is 0 Å². The number of nitrogens with zero attached hydrogens (tertiary/aromatic N) is 3. The van der Waals surface area contributed by atoms with Gasteiger partial charge in [0, 0.05) is 24.3 Å². The number of aromatic nitrogens is 2. The molecule has 1 aliphatic heterocycles. The van der Waals surface area contributed by atoms with Gasteiger partial charge in [0.05, 0.1) is 31.8 Å². The van der Waals surface area contributed by atoms with Gasteiger partial charge >= 0.3 is 0 Å². The fourth-order valence-corrected chi connectivity index (χ4v) is 3.68. The first-order valence-corrected chi connectivity index (χ1v) is 8.81. The van der Waals surface area contributed by atoms with Crippen LogP contribution in [0, 0.1) is 0 Å². The number of hydrogen-bond donors (Lipinski definition) is 0. The van der Waals surface area contributed by atoms with E-state index in [1.165, 1.54) is 11.3 Å². The summed E-state index contributed by atoms with van der Waals surface area (Å²) in [5.74, 6) is 0. The van der Waals surface area contributed by atoms with Crippen molar-refractivity contribution in [3.05, 3.63) is 57.8 Å². The van der Waals surface area contributed by atoms with E-state index in [0.29, 0.717) is 6.54 Å². The van der Waals surface area contributed by atoms with Crippen molar-refractivity contribution in [2.75, 3.05) is 31.2 Å². The molecule has 4 rings (SSSR count). The third-order valence-electron chi connectivity index (χ3n) is 4.99. The van der Waals surface area contributed by atoms with Gasteiger partial charge < -0.3 is 9.64 Å². The van der Waals surface area contributed by atoms with Crippen LogP contribution < -0.4 is 10.5 Å². The van der Waals surface area contributed by atoms with E-state index in [1.807, 2.05) is 6.07 Å². The molecule has 0 radical (unpaired) electrons. The minimum Gasteiger partial charge on any atom is -0.378 e. The molecule has 2 aliphatic rings. The highest BCUT2D eigenvalue weighted by molar-refractivity contribution is 5.54. The lowest BCUT2D eigenvalue weighted by Crippen LogP contribution is -2.37. The lowest BCUT2D eigenvalue weighted by Gasteiger charge is -2.30. The van der Waals surface area contributed by atoms with Gasteiger partial charge in [-0.15, -0.1) is 0 Å². The van der Waals surface area contributed by atoms with Crippen molar-refractivity contribution in [2.45, 2.75) is 32.2 Å². The van der Waals surface area contributed by atoms with E-state index >= 15 is 0 Å². The van der Waals surface area contributed by atoms with Gasteiger partial charge in [-0.1, -0.05) is 18.2 Å². The van der Waals surface area contributed by atoms with E-state index in [4.69, 9.17) is 4.74 Å². The van der Waals surface area contributed by atoms with Crippen molar-refractivity contribution in [2.24, 2.45) is 0 Å². The maximum absolute atomic E-state index is 12.8. The summed E-state index contributed by atoms with van der Waals surface area (Å²) in [6, 6.07) is 8.34. The first-order chi connectivity index (χ1) is 11.8. The Hall–Kier alpha value is -2.14. The molecule has 0 saturated carbocycles. The van der Waals surface area contributed by atoms with Gasteiger partial charge in [0.25, 0.3) is 5.56 Å². The van der Waals surface area contributed by atoms with Crippen molar-refractivity contribution in [3.63, 3.8) is 0 Å². The van der Waals surface area contributed by atoms with E-state index in [2.05, 4.69) is 28.1 Å². The summed E-state index contributed by atoms with van der Waals surface area (Å²) < 4.78 is 7.22. The normalized spacial score (nSPS) is 17.6. The Morgan fingerprint density at radius 2 is 1.88 bits per heavy atom. The number of hydrogen-bond acceptors (Lipinski definition) is 4. The Bertz CT molecular complexity index is 778. The number of benzene rings is 1. The number of fused-ring (bicyclic) bond motifs is 1. The average Bonchev–Trinajstić information content (AvgIpc) is 2.65. The lowest BCUT2D eigenvalue weighted by molar-refractivity contribution is 0.122. The van der Waals surface area contributed by atoms with Crippen LogP contribution in [-0.2, 0) is 24.1 Å². The molecule has 1 aromatic carbocycles. The summed E-state index contributed by atoms with van der Waals surface area (Å²) in [6.45, 7) is 3.89. The summed E-state index contributed by atoms with van der Waals surface area (Å²) in [6.07, 6.45) is 5.77. The molecule has 0 atom stereocenters. The van der Waals surface area contributed by atoms with Crippen LogP contribution in [0.3, 0.4) is 0 Å². The van der Waals surface area contributed by atoms with Crippen LogP contribution in [0.15, 0.2) is 35.4 Å². The summed E-state index contributed by atoms with van der Waals surface area (Å²) in [5.41, 5.74) is 4.43. The van der Waals surface area contributed by atoms with Crippen LogP contribution in [0.1, 0.15) is 29.7 Å². The Morgan fingerprint density at radius 1 is 1.08 bits per heavy atom. The van der Waals surface area contributed by atoms with E-state index in [-0.39, 0.29) is 5.56 Å². The molecule has 1 aliphatic carbocycles. The highest BCUT2D eigenvalue weighted by Gasteiger charge is 2.18. The Labute approximate surface area is 141 Å². The second kappa shape index (κ2) is 6.77. The highest BCUT2D eigenvalue weighted by atomic mass is 16.5. The molecule has 1 saturated heterocycles. The molecule has 5 heteroatoms. The van der Waals surface area contributed by atoms with Crippen LogP contribution >= 0.6 is 0 Å². The quantitative estimate of drug-likeness (QED) is 0.866. The number of ether oxygens (including phenoxy) is 1. The minimum atomic E-state index is 0.136. The SMILES string of the molecule is O=c1c2c(ncn1Cc1ccccc1N1CCOCC1)CCCC2. The van der Waals surface area contributed by atoms with Gasteiger partial charge in [0.15, 0.2) is 0 Å². The number of anilines is 1. The predicted molar refractivity (Wildman–Crippen MR) is 93.7 cm³/mol. The molecule has 0 unspecified atom stereocenters. The monoisotopic (exact) mass is 325 g/mol. The molecule has 24 heavy (non-hydrogen) atoms. The molecule has 0 amide bonds. The van der Waals surface area contributed by atoms with Gasteiger partial charge in [0.2, 0.25) is 0 Å². The molecule has 0 N–H and O–H groups in total. The van der Waals surface area contributed by atoms with Gasteiger partial charge in [-0.3, -0.25) is 9.36 Å². The highest BCUT2D eigenvalue weighted by Crippen LogP contribution is 2.22. The summed E-state index contributed by atoms with van der Waals surface area (Å²) in [4.78, 5) is 19.7. The second-order valence-corrected chi connectivity index (χ2v) is 6.54. The summed E-state index contributed by atoms with van der Waals surface area (Å²) >= 11 is 0. The zero-order valence-electron chi connectivity index (χ0n) is 13.9. The molecule has 0 bridgehead atoms. The van der Waals surface area contributed by atoms with E-state index in [9.17, 15) is 4.79 Å². The first kappa shape index (κ1) is 15.4. The largest absolute Gasteiger partial charge is 0.378 e. The third kappa shape index (κ3) is 2.96. The fourth-order valence-electron chi connectivity index (χ4n) is 3.68. The molecule has 0 spiro atoms. The number of para-hydroxylation sites is 1. The topological polar surface area (TPSA) is 47.4 Å². The van der Waals surface area contributed by atoms with Crippen LogP contribution in [0.2, 0.25) is 0 Å². The zero-order valence-corrected chi connectivity index (χ0v) is 13.9. The van der Waals surface area contributed by atoms with Gasteiger partial charge in [-0.2, -0.15) is 0 Å². The number of morpholine rings is 1. The smallest absolute Gasteiger partial charge is 0.257 e. The summed E-state index contributed by atoms with van der Waals surface area (Å²) in [7, 11) is 0. The molecule has 1 aromatic heterocycles. The molecular weight excluding hydrogens is 302 g/mol. The van der Waals surface area contributed by atoms with Crippen molar-refractivity contribution in [3.8, 4) is 0 Å². The maximum Gasteiger partial charge on any atom is 0.257 e.